The van der Waals surface area contributed by atoms with Crippen molar-refractivity contribution in [2.45, 2.75) is 5.25 Å². The normalized spacial score (nSPS) is 16.5. The highest BCUT2D eigenvalue weighted by molar-refractivity contribution is 9.10. The second kappa shape index (κ2) is 7.82. The minimum Gasteiger partial charge on any atom is -0.481 e. The van der Waals surface area contributed by atoms with Crippen molar-refractivity contribution < 1.29 is 19.4 Å². The molecule has 0 saturated carbocycles. The van der Waals surface area contributed by atoms with Gasteiger partial charge in [0, 0.05) is 17.6 Å². The zero-order chi connectivity index (χ0) is 15.2. The summed E-state index contributed by atoms with van der Waals surface area (Å²) in [5.74, 6) is -1.07. The number of rotatable bonds is 5. The van der Waals surface area contributed by atoms with Gasteiger partial charge in [-0.05, 0) is 17.7 Å². The number of ether oxygens (including phenoxy) is 1. The van der Waals surface area contributed by atoms with Crippen molar-refractivity contribution >= 4 is 39.6 Å². The Morgan fingerprint density at radius 2 is 1.90 bits per heavy atom. The van der Waals surface area contributed by atoms with Crippen molar-refractivity contribution in [3.8, 4) is 0 Å². The number of nitrogens with zero attached hydrogens (tertiary/aromatic N) is 1. The number of carbonyl (C=O) groups is 2. The van der Waals surface area contributed by atoms with Crippen LogP contribution >= 0.6 is 27.7 Å². The van der Waals surface area contributed by atoms with Crippen LogP contribution in [0, 0.1) is 0 Å². The van der Waals surface area contributed by atoms with Crippen LogP contribution in [0.5, 0.6) is 0 Å². The van der Waals surface area contributed by atoms with E-state index in [0.717, 1.165) is 21.8 Å². The Labute approximate surface area is 135 Å². The van der Waals surface area contributed by atoms with Crippen LogP contribution in [-0.4, -0.2) is 53.9 Å². The number of morpholine rings is 1. The summed E-state index contributed by atoms with van der Waals surface area (Å²) in [7, 11) is 0. The summed E-state index contributed by atoms with van der Waals surface area (Å²) in [5.41, 5.74) is 0.820. The lowest BCUT2D eigenvalue weighted by molar-refractivity contribution is -0.134. The summed E-state index contributed by atoms with van der Waals surface area (Å²) in [6.45, 7) is 2.17. The van der Waals surface area contributed by atoms with Gasteiger partial charge in [-0.3, -0.25) is 9.59 Å². The molecule has 5 nitrogen and oxygen atoms in total. The number of hydrogen-bond acceptors (Lipinski definition) is 4. The first kappa shape index (κ1) is 16.3. The molecule has 0 radical (unpaired) electrons. The van der Waals surface area contributed by atoms with Gasteiger partial charge in [0.05, 0.1) is 19.0 Å². The van der Waals surface area contributed by atoms with Crippen LogP contribution in [0.15, 0.2) is 28.7 Å². The molecule has 1 aliphatic rings. The highest BCUT2D eigenvalue weighted by atomic mass is 79.9. The van der Waals surface area contributed by atoms with Crippen molar-refractivity contribution in [3.63, 3.8) is 0 Å². The van der Waals surface area contributed by atoms with E-state index in [1.165, 1.54) is 0 Å². The molecule has 1 aliphatic heterocycles. The molecule has 1 heterocycles. The van der Waals surface area contributed by atoms with Crippen molar-refractivity contribution in [2.75, 3.05) is 32.1 Å². The van der Waals surface area contributed by atoms with Crippen molar-refractivity contribution in [2.24, 2.45) is 0 Å². The average molecular weight is 374 g/mol. The van der Waals surface area contributed by atoms with Crippen LogP contribution in [0.1, 0.15) is 10.8 Å². The fourth-order valence-electron chi connectivity index (χ4n) is 2.05. The largest absolute Gasteiger partial charge is 0.481 e. The topological polar surface area (TPSA) is 66.8 Å². The molecule has 0 spiro atoms. The number of carboxylic acid groups (broad SMARTS) is 1. The summed E-state index contributed by atoms with van der Waals surface area (Å²) < 4.78 is 6.17. The first-order chi connectivity index (χ1) is 10.1. The van der Waals surface area contributed by atoms with E-state index in [4.69, 9.17) is 9.84 Å². The van der Waals surface area contributed by atoms with Gasteiger partial charge in [0.1, 0.15) is 5.25 Å². The average Bonchev–Trinajstić information content (AvgIpc) is 2.49. The van der Waals surface area contributed by atoms with Crippen LogP contribution in [0.3, 0.4) is 0 Å². The van der Waals surface area contributed by atoms with E-state index in [9.17, 15) is 9.59 Å². The number of halogens is 1. The molecule has 0 unspecified atom stereocenters. The first-order valence-electron chi connectivity index (χ1n) is 6.53. The molecule has 1 fully saturated rings. The third kappa shape index (κ3) is 4.72. The maximum atomic E-state index is 12.6. The predicted octanol–water partition coefficient (Wildman–Crippen LogP) is 2.17. The SMILES string of the molecule is O=C(O)CS[C@@H](C(=O)N1CCOCC1)c1ccc(Br)cc1. The van der Waals surface area contributed by atoms with Gasteiger partial charge >= 0.3 is 5.97 Å². The highest BCUT2D eigenvalue weighted by Gasteiger charge is 2.28. The van der Waals surface area contributed by atoms with Gasteiger partial charge in [0.2, 0.25) is 5.91 Å². The van der Waals surface area contributed by atoms with Crippen LogP contribution in [0.2, 0.25) is 0 Å². The molecule has 21 heavy (non-hydrogen) atoms. The third-order valence-corrected chi connectivity index (χ3v) is 4.84. The standard InChI is InChI=1S/C14H16BrNO4S/c15-11-3-1-10(2-4-11)13(21-9-12(17)18)14(19)16-5-7-20-8-6-16/h1-4,13H,5-9H2,(H,17,18)/t13-/m1/s1. The van der Waals surface area contributed by atoms with Crippen LogP contribution in [0.25, 0.3) is 0 Å². The zero-order valence-electron chi connectivity index (χ0n) is 11.3. The minimum atomic E-state index is -0.920. The molecule has 0 aliphatic carbocycles. The third-order valence-electron chi connectivity index (χ3n) is 3.09. The summed E-state index contributed by atoms with van der Waals surface area (Å²) in [6, 6.07) is 7.41. The van der Waals surface area contributed by atoms with E-state index >= 15 is 0 Å². The van der Waals surface area contributed by atoms with E-state index in [0.29, 0.717) is 26.3 Å². The van der Waals surface area contributed by atoms with Gasteiger partial charge in [0.25, 0.3) is 0 Å². The molecule has 1 aromatic carbocycles. The van der Waals surface area contributed by atoms with E-state index in [1.54, 1.807) is 4.90 Å². The van der Waals surface area contributed by atoms with Gasteiger partial charge in [0.15, 0.2) is 0 Å². The molecule has 0 aromatic heterocycles. The Kier molecular flexibility index (Phi) is 6.08. The quantitative estimate of drug-likeness (QED) is 0.856. The number of benzene rings is 1. The number of amides is 1. The van der Waals surface area contributed by atoms with Gasteiger partial charge in [-0.1, -0.05) is 28.1 Å². The van der Waals surface area contributed by atoms with Crippen LogP contribution in [0.4, 0.5) is 0 Å². The number of aliphatic carboxylic acids is 1. The molecule has 114 valence electrons. The lowest BCUT2D eigenvalue weighted by Crippen LogP contribution is -2.42. The Morgan fingerprint density at radius 3 is 2.48 bits per heavy atom. The number of thioether (sulfide) groups is 1. The second-order valence-corrected chi connectivity index (χ2v) is 6.58. The highest BCUT2D eigenvalue weighted by Crippen LogP contribution is 2.32. The molecule has 1 amide bonds. The number of hydrogen-bond donors (Lipinski definition) is 1. The fourth-order valence-corrected chi connectivity index (χ4v) is 3.27. The molecule has 7 heteroatoms. The molecule has 1 N–H and O–H groups in total. The van der Waals surface area contributed by atoms with Crippen molar-refractivity contribution in [1.82, 2.24) is 4.90 Å². The lowest BCUT2D eigenvalue weighted by Gasteiger charge is -2.30. The monoisotopic (exact) mass is 373 g/mol. The number of carboxylic acids is 1. The number of carbonyl (C=O) groups excluding carboxylic acids is 1. The molecule has 1 aromatic rings. The van der Waals surface area contributed by atoms with Gasteiger partial charge in [-0.2, -0.15) is 0 Å². The van der Waals surface area contributed by atoms with E-state index in [-0.39, 0.29) is 11.7 Å². The Bertz CT molecular complexity index is 502. The zero-order valence-corrected chi connectivity index (χ0v) is 13.7. The van der Waals surface area contributed by atoms with Gasteiger partial charge < -0.3 is 14.7 Å². The lowest BCUT2D eigenvalue weighted by atomic mass is 10.1. The molecule has 1 atom stereocenters. The van der Waals surface area contributed by atoms with Gasteiger partial charge in [-0.25, -0.2) is 0 Å². The summed E-state index contributed by atoms with van der Waals surface area (Å²) in [6.07, 6.45) is 0. The molecule has 1 saturated heterocycles. The second-order valence-electron chi connectivity index (χ2n) is 4.57. The van der Waals surface area contributed by atoms with Crippen LogP contribution < -0.4 is 0 Å². The molecule has 0 bridgehead atoms. The van der Waals surface area contributed by atoms with Gasteiger partial charge in [-0.15, -0.1) is 11.8 Å². The summed E-state index contributed by atoms with van der Waals surface area (Å²) in [5, 5.41) is 8.38. The first-order valence-corrected chi connectivity index (χ1v) is 8.37. The summed E-state index contributed by atoms with van der Waals surface area (Å²) in [4.78, 5) is 25.2. The van der Waals surface area contributed by atoms with E-state index in [1.807, 2.05) is 24.3 Å². The van der Waals surface area contributed by atoms with E-state index in [2.05, 4.69) is 15.9 Å². The minimum absolute atomic E-state index is 0.0492. The smallest absolute Gasteiger partial charge is 0.313 e. The van der Waals surface area contributed by atoms with E-state index < -0.39 is 11.2 Å². The molecule has 2 rings (SSSR count). The fraction of sp³-hybridized carbons (Fsp3) is 0.429. The maximum Gasteiger partial charge on any atom is 0.313 e. The van der Waals surface area contributed by atoms with Crippen LogP contribution in [-0.2, 0) is 14.3 Å². The predicted molar refractivity (Wildman–Crippen MR) is 84.4 cm³/mol. The van der Waals surface area contributed by atoms with Crippen molar-refractivity contribution in [3.05, 3.63) is 34.3 Å². The Balaban J connectivity index is 2.15. The maximum absolute atomic E-state index is 12.6. The molecular weight excluding hydrogens is 358 g/mol. The summed E-state index contributed by atoms with van der Waals surface area (Å²) >= 11 is 4.50. The Morgan fingerprint density at radius 1 is 1.29 bits per heavy atom. The molecular formula is C14H16BrNO4S. The van der Waals surface area contributed by atoms with Crippen molar-refractivity contribution in [1.29, 1.82) is 0 Å². The Hall–Kier alpha value is -1.05.